The molecule has 0 aliphatic carbocycles. The molecule has 92 valence electrons. The smallest absolute Gasteiger partial charge is 0.260 e. The highest BCUT2D eigenvalue weighted by molar-refractivity contribution is 5.78. The second-order valence-electron chi connectivity index (χ2n) is 3.98. The Hall–Kier alpha value is -1.65. The molecule has 1 aromatic carbocycles. The van der Waals surface area contributed by atoms with Gasteiger partial charge in [-0.25, -0.2) is 8.78 Å². The second-order valence-corrected chi connectivity index (χ2v) is 3.98. The van der Waals surface area contributed by atoms with Gasteiger partial charge in [-0.2, -0.15) is 0 Å². The van der Waals surface area contributed by atoms with Gasteiger partial charge in [-0.1, -0.05) is 0 Å². The maximum Gasteiger partial charge on any atom is 0.260 e. The third-order valence-electron chi connectivity index (χ3n) is 2.66. The van der Waals surface area contributed by atoms with Gasteiger partial charge in [0.1, 0.15) is 17.4 Å². The minimum Gasteiger partial charge on any atom is -0.484 e. The molecule has 0 bridgehead atoms. The molecule has 1 aliphatic rings. The van der Waals surface area contributed by atoms with Crippen LogP contribution in [-0.2, 0) is 4.79 Å². The molecule has 1 fully saturated rings. The lowest BCUT2D eigenvalue weighted by Crippen LogP contribution is -2.32. The highest BCUT2D eigenvalue weighted by atomic mass is 19.1. The van der Waals surface area contributed by atoms with Crippen molar-refractivity contribution in [3.8, 4) is 5.75 Å². The van der Waals surface area contributed by atoms with Crippen molar-refractivity contribution in [2.24, 2.45) is 0 Å². The van der Waals surface area contributed by atoms with Gasteiger partial charge in [0.05, 0.1) is 0 Å². The standard InChI is InChI=1S/C12H13F2NO2/c13-9-5-10(14)7-11(6-9)17-8-12(16)15-3-1-2-4-15/h5-7H,1-4,8H2. The summed E-state index contributed by atoms with van der Waals surface area (Å²) < 4.78 is 30.7. The molecule has 5 heteroatoms. The number of benzene rings is 1. The normalized spacial score (nSPS) is 15.1. The van der Waals surface area contributed by atoms with E-state index in [0.29, 0.717) is 0 Å². The van der Waals surface area contributed by atoms with Crippen LogP contribution in [0.1, 0.15) is 12.8 Å². The van der Waals surface area contributed by atoms with E-state index in [9.17, 15) is 13.6 Å². The molecule has 17 heavy (non-hydrogen) atoms. The topological polar surface area (TPSA) is 29.5 Å². The average molecular weight is 241 g/mol. The van der Waals surface area contributed by atoms with Crippen LogP contribution >= 0.6 is 0 Å². The van der Waals surface area contributed by atoms with Crippen LogP contribution < -0.4 is 4.74 Å². The fraction of sp³-hybridized carbons (Fsp3) is 0.417. The zero-order valence-corrected chi connectivity index (χ0v) is 9.29. The Bertz CT molecular complexity index is 397. The second kappa shape index (κ2) is 5.12. The van der Waals surface area contributed by atoms with Gasteiger partial charge in [0.25, 0.3) is 5.91 Å². The molecule has 0 N–H and O–H groups in total. The zero-order valence-electron chi connectivity index (χ0n) is 9.29. The molecule has 3 nitrogen and oxygen atoms in total. The Morgan fingerprint density at radius 2 is 1.76 bits per heavy atom. The minimum atomic E-state index is -0.714. The summed E-state index contributed by atoms with van der Waals surface area (Å²) in [5.41, 5.74) is 0. The molecule has 0 atom stereocenters. The van der Waals surface area contributed by atoms with Gasteiger partial charge in [0.2, 0.25) is 0 Å². The quantitative estimate of drug-likeness (QED) is 0.809. The number of amides is 1. The molecule has 0 spiro atoms. The number of hydrogen-bond acceptors (Lipinski definition) is 2. The van der Waals surface area contributed by atoms with Crippen molar-refractivity contribution in [2.45, 2.75) is 12.8 Å². The van der Waals surface area contributed by atoms with E-state index in [2.05, 4.69) is 0 Å². The van der Waals surface area contributed by atoms with Crippen LogP contribution in [0, 0.1) is 11.6 Å². The molecule has 0 unspecified atom stereocenters. The lowest BCUT2D eigenvalue weighted by Gasteiger charge is -2.15. The molecule has 0 aromatic heterocycles. The van der Waals surface area contributed by atoms with Crippen molar-refractivity contribution < 1.29 is 18.3 Å². The van der Waals surface area contributed by atoms with Gasteiger partial charge in [0, 0.05) is 31.3 Å². The van der Waals surface area contributed by atoms with Crippen LogP contribution in [-0.4, -0.2) is 30.5 Å². The fourth-order valence-electron chi connectivity index (χ4n) is 1.81. The van der Waals surface area contributed by atoms with Crippen LogP contribution in [0.25, 0.3) is 0 Å². The minimum absolute atomic E-state index is 0.0371. The van der Waals surface area contributed by atoms with Crippen molar-refractivity contribution in [1.82, 2.24) is 4.90 Å². The fourth-order valence-corrected chi connectivity index (χ4v) is 1.81. The first-order chi connectivity index (χ1) is 8.15. The number of nitrogens with zero attached hydrogens (tertiary/aromatic N) is 1. The molecule has 2 rings (SSSR count). The molecule has 0 saturated carbocycles. The lowest BCUT2D eigenvalue weighted by molar-refractivity contribution is -0.132. The first kappa shape index (κ1) is 11.8. The van der Waals surface area contributed by atoms with E-state index < -0.39 is 11.6 Å². The Morgan fingerprint density at radius 1 is 1.18 bits per heavy atom. The summed E-state index contributed by atoms with van der Waals surface area (Å²) in [5, 5.41) is 0. The summed E-state index contributed by atoms with van der Waals surface area (Å²) in [4.78, 5) is 13.3. The average Bonchev–Trinajstić information content (AvgIpc) is 2.78. The zero-order chi connectivity index (χ0) is 12.3. The molecular weight excluding hydrogens is 228 g/mol. The molecule has 0 radical (unpaired) electrons. The highest BCUT2D eigenvalue weighted by Gasteiger charge is 2.18. The molecule has 1 aromatic rings. The summed E-state index contributed by atoms with van der Waals surface area (Å²) in [6.45, 7) is 1.29. The van der Waals surface area contributed by atoms with Gasteiger partial charge in [-0.15, -0.1) is 0 Å². The van der Waals surface area contributed by atoms with Gasteiger partial charge < -0.3 is 9.64 Å². The summed E-state index contributed by atoms with van der Waals surface area (Å²) >= 11 is 0. The summed E-state index contributed by atoms with van der Waals surface area (Å²) in [6, 6.07) is 2.87. The van der Waals surface area contributed by atoms with Gasteiger partial charge in [0.15, 0.2) is 6.61 Å². The Kier molecular flexibility index (Phi) is 3.56. The molecule has 1 aliphatic heterocycles. The van der Waals surface area contributed by atoms with E-state index in [0.717, 1.165) is 44.1 Å². The first-order valence-electron chi connectivity index (χ1n) is 5.52. The van der Waals surface area contributed by atoms with Crippen LogP contribution in [0.4, 0.5) is 8.78 Å². The SMILES string of the molecule is O=C(COc1cc(F)cc(F)c1)N1CCCC1. The van der Waals surface area contributed by atoms with Crippen LogP contribution in [0.2, 0.25) is 0 Å². The van der Waals surface area contributed by atoms with E-state index >= 15 is 0 Å². The monoisotopic (exact) mass is 241 g/mol. The third kappa shape index (κ3) is 3.15. The van der Waals surface area contributed by atoms with Gasteiger partial charge >= 0.3 is 0 Å². The van der Waals surface area contributed by atoms with Crippen molar-refractivity contribution in [2.75, 3.05) is 19.7 Å². The number of carbonyl (C=O) groups is 1. The molecule has 1 saturated heterocycles. The van der Waals surface area contributed by atoms with Crippen molar-refractivity contribution in [3.63, 3.8) is 0 Å². The van der Waals surface area contributed by atoms with E-state index in [4.69, 9.17) is 4.74 Å². The van der Waals surface area contributed by atoms with Crippen molar-refractivity contribution in [3.05, 3.63) is 29.8 Å². The van der Waals surface area contributed by atoms with Gasteiger partial charge in [-0.3, -0.25) is 4.79 Å². The molecular formula is C12H13F2NO2. The first-order valence-corrected chi connectivity index (χ1v) is 5.52. The molecule has 1 heterocycles. The van der Waals surface area contributed by atoms with Crippen LogP contribution in [0.15, 0.2) is 18.2 Å². The number of ether oxygens (including phenoxy) is 1. The predicted octanol–water partition coefficient (Wildman–Crippen LogP) is 1.97. The number of likely N-dealkylation sites (tertiary alicyclic amines) is 1. The maximum atomic E-state index is 12.8. The van der Waals surface area contributed by atoms with E-state index in [1.54, 1.807) is 4.90 Å². The lowest BCUT2D eigenvalue weighted by atomic mass is 10.3. The van der Waals surface area contributed by atoms with E-state index in [1.807, 2.05) is 0 Å². The van der Waals surface area contributed by atoms with Crippen LogP contribution in [0.3, 0.4) is 0 Å². The van der Waals surface area contributed by atoms with E-state index in [-0.39, 0.29) is 18.3 Å². The number of carbonyl (C=O) groups excluding carboxylic acids is 1. The van der Waals surface area contributed by atoms with Crippen molar-refractivity contribution in [1.29, 1.82) is 0 Å². The van der Waals surface area contributed by atoms with Crippen LogP contribution in [0.5, 0.6) is 5.75 Å². The maximum absolute atomic E-state index is 12.8. The Labute approximate surface area is 98.0 Å². The summed E-state index contributed by atoms with van der Waals surface area (Å²) in [5.74, 6) is -1.54. The van der Waals surface area contributed by atoms with Gasteiger partial charge in [-0.05, 0) is 12.8 Å². The number of hydrogen-bond donors (Lipinski definition) is 0. The summed E-state index contributed by atoms with van der Waals surface area (Å²) in [7, 11) is 0. The Balaban J connectivity index is 1.90. The van der Waals surface area contributed by atoms with E-state index in [1.165, 1.54) is 0 Å². The van der Waals surface area contributed by atoms with Crippen molar-refractivity contribution >= 4 is 5.91 Å². The Morgan fingerprint density at radius 3 is 2.35 bits per heavy atom. The third-order valence-corrected chi connectivity index (χ3v) is 2.66. The molecule has 1 amide bonds. The highest BCUT2D eigenvalue weighted by Crippen LogP contribution is 2.16. The summed E-state index contributed by atoms with van der Waals surface area (Å²) in [6.07, 6.45) is 2.00. The predicted molar refractivity (Wildman–Crippen MR) is 57.7 cm³/mol. The largest absolute Gasteiger partial charge is 0.484 e. The number of halogens is 2. The number of rotatable bonds is 3.